The van der Waals surface area contributed by atoms with Crippen LogP contribution in [-0.2, 0) is 6.54 Å². The second-order valence-corrected chi connectivity index (χ2v) is 8.57. The number of thioether (sulfide) groups is 1. The SMILES string of the molecule is CNC(=O)c1ccc(CN(C)CC(=O)c2cc(C)n(-c3cccc(SC)c3)c2C)cc1. The molecule has 1 aromatic heterocycles. The molecule has 0 aliphatic rings. The van der Waals surface area contributed by atoms with Gasteiger partial charge in [-0.05, 0) is 69.1 Å². The van der Waals surface area contributed by atoms with Gasteiger partial charge in [-0.2, -0.15) is 0 Å². The molecule has 1 amide bonds. The number of amides is 1. The van der Waals surface area contributed by atoms with Gasteiger partial charge in [-0.15, -0.1) is 11.8 Å². The minimum absolute atomic E-state index is 0.102. The second-order valence-electron chi connectivity index (χ2n) is 7.69. The van der Waals surface area contributed by atoms with Crippen LogP contribution in [0.3, 0.4) is 0 Å². The number of hydrogen-bond donors (Lipinski definition) is 1. The summed E-state index contributed by atoms with van der Waals surface area (Å²) < 4.78 is 2.14. The van der Waals surface area contributed by atoms with Gasteiger partial charge >= 0.3 is 0 Å². The first-order valence-electron chi connectivity index (χ1n) is 10.2. The summed E-state index contributed by atoms with van der Waals surface area (Å²) in [5, 5.41) is 2.62. The Balaban J connectivity index is 1.72. The molecule has 0 radical (unpaired) electrons. The van der Waals surface area contributed by atoms with Crippen LogP contribution in [0.4, 0.5) is 0 Å². The summed E-state index contributed by atoms with van der Waals surface area (Å²) in [6, 6.07) is 17.8. The molecule has 2 aromatic carbocycles. The molecule has 162 valence electrons. The van der Waals surface area contributed by atoms with Crippen molar-refractivity contribution in [1.29, 1.82) is 0 Å². The van der Waals surface area contributed by atoms with Crippen LogP contribution < -0.4 is 5.32 Å². The number of ketones is 1. The minimum Gasteiger partial charge on any atom is -0.355 e. The number of aromatic nitrogens is 1. The van der Waals surface area contributed by atoms with Gasteiger partial charge in [-0.3, -0.25) is 14.5 Å². The third-order valence-electron chi connectivity index (χ3n) is 5.35. The molecular formula is C25H29N3O2S. The Kier molecular flexibility index (Phi) is 7.36. The van der Waals surface area contributed by atoms with Crippen molar-refractivity contribution < 1.29 is 9.59 Å². The maximum atomic E-state index is 13.1. The molecule has 0 aliphatic carbocycles. The van der Waals surface area contributed by atoms with Crippen LogP contribution in [-0.4, -0.2) is 48.1 Å². The summed E-state index contributed by atoms with van der Waals surface area (Å²) in [4.78, 5) is 27.9. The Morgan fingerprint density at radius 3 is 2.42 bits per heavy atom. The highest BCUT2D eigenvalue weighted by Crippen LogP contribution is 2.24. The van der Waals surface area contributed by atoms with E-state index in [0.29, 0.717) is 18.7 Å². The number of nitrogens with zero attached hydrogens (tertiary/aromatic N) is 2. The second kappa shape index (κ2) is 9.98. The number of aryl methyl sites for hydroxylation is 1. The van der Waals surface area contributed by atoms with E-state index in [9.17, 15) is 9.59 Å². The number of benzene rings is 2. The van der Waals surface area contributed by atoms with Gasteiger partial charge in [0.15, 0.2) is 5.78 Å². The van der Waals surface area contributed by atoms with Crippen LogP contribution >= 0.6 is 11.8 Å². The summed E-state index contributed by atoms with van der Waals surface area (Å²) in [5.74, 6) is -0.00152. The highest BCUT2D eigenvalue weighted by atomic mass is 32.2. The number of carbonyl (C=O) groups is 2. The van der Waals surface area contributed by atoms with Crippen LogP contribution in [0.25, 0.3) is 5.69 Å². The molecule has 6 heteroatoms. The monoisotopic (exact) mass is 435 g/mol. The van der Waals surface area contributed by atoms with Gasteiger partial charge in [0.05, 0.1) is 6.54 Å². The van der Waals surface area contributed by atoms with E-state index >= 15 is 0 Å². The Hall–Kier alpha value is -2.83. The van der Waals surface area contributed by atoms with Crippen LogP contribution in [0.15, 0.2) is 59.5 Å². The first kappa shape index (κ1) is 22.8. The van der Waals surface area contributed by atoms with Gasteiger partial charge in [0.25, 0.3) is 5.91 Å². The molecular weight excluding hydrogens is 406 g/mol. The largest absolute Gasteiger partial charge is 0.355 e. The number of likely N-dealkylation sites (N-methyl/N-ethyl adjacent to an activating group) is 1. The summed E-state index contributed by atoms with van der Waals surface area (Å²) in [6.07, 6.45) is 2.06. The molecule has 3 rings (SSSR count). The molecule has 0 unspecified atom stereocenters. The Labute approximate surface area is 188 Å². The topological polar surface area (TPSA) is 54.3 Å². The molecule has 0 atom stereocenters. The zero-order valence-electron chi connectivity index (χ0n) is 18.7. The van der Waals surface area contributed by atoms with Crippen molar-refractivity contribution >= 4 is 23.5 Å². The van der Waals surface area contributed by atoms with Gasteiger partial charge in [-0.1, -0.05) is 18.2 Å². The lowest BCUT2D eigenvalue weighted by Gasteiger charge is -2.16. The first-order valence-corrected chi connectivity index (χ1v) is 11.4. The smallest absolute Gasteiger partial charge is 0.251 e. The summed E-state index contributed by atoms with van der Waals surface area (Å²) in [5.41, 5.74) is 5.53. The average Bonchev–Trinajstić information content (AvgIpc) is 3.07. The van der Waals surface area contributed by atoms with E-state index in [2.05, 4.69) is 34.3 Å². The maximum Gasteiger partial charge on any atom is 0.251 e. The predicted octanol–water partition coefficient (Wildman–Crippen LogP) is 4.49. The van der Waals surface area contributed by atoms with Crippen molar-refractivity contribution in [2.24, 2.45) is 0 Å². The maximum absolute atomic E-state index is 13.1. The lowest BCUT2D eigenvalue weighted by Crippen LogP contribution is -2.26. The van der Waals surface area contributed by atoms with Crippen molar-refractivity contribution in [3.05, 3.63) is 82.7 Å². The number of Topliss-reactive ketones (excluding diaryl/α,β-unsaturated/α-hetero) is 1. The summed E-state index contributed by atoms with van der Waals surface area (Å²) in [6.45, 7) is 5.00. The van der Waals surface area contributed by atoms with Gasteiger partial charge < -0.3 is 9.88 Å². The van der Waals surface area contributed by atoms with Crippen molar-refractivity contribution in [2.45, 2.75) is 25.3 Å². The molecule has 1 heterocycles. The zero-order chi connectivity index (χ0) is 22.5. The van der Waals surface area contributed by atoms with Gasteiger partial charge in [0, 0.05) is 46.7 Å². The quantitative estimate of drug-likeness (QED) is 0.418. The molecule has 31 heavy (non-hydrogen) atoms. The normalized spacial score (nSPS) is 11.0. The van der Waals surface area contributed by atoms with Crippen molar-refractivity contribution in [2.75, 3.05) is 26.9 Å². The van der Waals surface area contributed by atoms with E-state index < -0.39 is 0 Å². The fraction of sp³-hybridized carbons (Fsp3) is 0.280. The van der Waals surface area contributed by atoms with Crippen LogP contribution in [0.2, 0.25) is 0 Å². The highest BCUT2D eigenvalue weighted by molar-refractivity contribution is 7.98. The zero-order valence-corrected chi connectivity index (χ0v) is 19.5. The lowest BCUT2D eigenvalue weighted by atomic mass is 10.1. The first-order chi connectivity index (χ1) is 14.8. The third-order valence-corrected chi connectivity index (χ3v) is 6.08. The summed E-state index contributed by atoms with van der Waals surface area (Å²) >= 11 is 1.71. The fourth-order valence-corrected chi connectivity index (χ4v) is 4.25. The predicted molar refractivity (Wildman–Crippen MR) is 128 cm³/mol. The molecule has 0 bridgehead atoms. The van der Waals surface area contributed by atoms with E-state index in [1.54, 1.807) is 30.9 Å². The minimum atomic E-state index is -0.103. The Bertz CT molecular complexity index is 1090. The molecule has 0 aliphatic heterocycles. The average molecular weight is 436 g/mol. The van der Waals surface area contributed by atoms with Crippen LogP contribution in [0.5, 0.6) is 0 Å². The number of hydrogen-bond acceptors (Lipinski definition) is 4. The molecule has 0 spiro atoms. The van der Waals surface area contributed by atoms with E-state index in [-0.39, 0.29) is 11.7 Å². The fourth-order valence-electron chi connectivity index (χ4n) is 3.80. The summed E-state index contributed by atoms with van der Waals surface area (Å²) in [7, 11) is 3.55. The van der Waals surface area contributed by atoms with Crippen molar-refractivity contribution in [3.63, 3.8) is 0 Å². The molecule has 5 nitrogen and oxygen atoms in total. The molecule has 0 fully saturated rings. The van der Waals surface area contributed by atoms with Crippen LogP contribution in [0.1, 0.15) is 37.7 Å². The number of carbonyl (C=O) groups excluding carboxylic acids is 2. The van der Waals surface area contributed by atoms with Crippen molar-refractivity contribution in [3.8, 4) is 5.69 Å². The Morgan fingerprint density at radius 1 is 1.06 bits per heavy atom. The molecule has 0 saturated carbocycles. The Morgan fingerprint density at radius 2 is 1.77 bits per heavy atom. The van der Waals surface area contributed by atoms with E-state index in [1.165, 1.54) is 4.90 Å². The van der Waals surface area contributed by atoms with E-state index in [1.807, 2.05) is 50.1 Å². The third kappa shape index (κ3) is 5.27. The van der Waals surface area contributed by atoms with E-state index in [0.717, 1.165) is 28.2 Å². The molecule has 1 N–H and O–H groups in total. The number of rotatable bonds is 8. The van der Waals surface area contributed by atoms with E-state index in [4.69, 9.17) is 0 Å². The standard InChI is InChI=1S/C25H29N3O2S/c1-17-13-23(18(2)28(17)21-7-6-8-22(14-21)31-5)24(29)16-27(4)15-19-9-11-20(12-10-19)25(30)26-3/h6-14H,15-16H2,1-5H3,(H,26,30). The number of nitrogens with one attached hydrogen (secondary N) is 1. The lowest BCUT2D eigenvalue weighted by molar-refractivity contribution is 0.0940. The molecule has 0 saturated heterocycles. The van der Waals surface area contributed by atoms with Crippen molar-refractivity contribution in [1.82, 2.24) is 14.8 Å². The van der Waals surface area contributed by atoms with Gasteiger partial charge in [-0.25, -0.2) is 0 Å². The highest BCUT2D eigenvalue weighted by Gasteiger charge is 2.18. The van der Waals surface area contributed by atoms with Crippen LogP contribution in [0, 0.1) is 13.8 Å². The molecule has 3 aromatic rings. The van der Waals surface area contributed by atoms with Gasteiger partial charge in [0.1, 0.15) is 0 Å². The van der Waals surface area contributed by atoms with Gasteiger partial charge in [0.2, 0.25) is 0 Å².